The number of rotatable bonds is 4. The molecule has 0 radical (unpaired) electrons. The van der Waals surface area contributed by atoms with Crippen molar-refractivity contribution in [1.82, 2.24) is 10.2 Å². The first kappa shape index (κ1) is 17.7. The van der Waals surface area contributed by atoms with E-state index >= 15 is 0 Å². The fourth-order valence-corrected chi connectivity index (χ4v) is 2.92. The minimum atomic E-state index is -1.65. The van der Waals surface area contributed by atoms with E-state index in [1.54, 1.807) is 0 Å². The van der Waals surface area contributed by atoms with Gasteiger partial charge in [0.25, 0.3) is 11.8 Å². The molecular formula is C16H15N3O7. The van der Waals surface area contributed by atoms with Crippen LogP contribution in [0.1, 0.15) is 27.1 Å². The second-order valence-electron chi connectivity index (χ2n) is 5.79. The maximum atomic E-state index is 12.8. The highest BCUT2D eigenvalue weighted by atomic mass is 16.5. The van der Waals surface area contributed by atoms with Gasteiger partial charge in [-0.05, 0) is 12.1 Å². The third-order valence-electron chi connectivity index (χ3n) is 4.09. The maximum Gasteiger partial charge on any atom is 0.264 e. The molecule has 4 amide bonds. The molecule has 0 saturated carbocycles. The van der Waals surface area contributed by atoms with Crippen molar-refractivity contribution in [2.75, 3.05) is 19.0 Å². The van der Waals surface area contributed by atoms with E-state index in [9.17, 15) is 29.1 Å². The standard InChI is InChI=1S/C16H15N3O7/c1-26-6-11(21)17-8-4-2-3-7-12(8)16(25)19(15(7)24)9-5-10(20)14(23)18-13(9)22/h2-4,9,14,23H,5-6H2,1H3,(H,17,21)(H,18,22). The molecule has 2 aliphatic heterocycles. The molecule has 1 aromatic carbocycles. The highest BCUT2D eigenvalue weighted by Crippen LogP contribution is 2.32. The Bertz CT molecular complexity index is 835. The summed E-state index contributed by atoms with van der Waals surface area (Å²) < 4.78 is 4.71. The van der Waals surface area contributed by atoms with Crippen LogP contribution in [0, 0.1) is 0 Å². The van der Waals surface area contributed by atoms with Crippen LogP contribution in [0.4, 0.5) is 5.69 Å². The van der Waals surface area contributed by atoms with Gasteiger partial charge in [-0.1, -0.05) is 6.07 Å². The van der Waals surface area contributed by atoms with Crippen molar-refractivity contribution in [3.63, 3.8) is 0 Å². The van der Waals surface area contributed by atoms with Crippen LogP contribution < -0.4 is 10.6 Å². The van der Waals surface area contributed by atoms with Gasteiger partial charge >= 0.3 is 0 Å². The van der Waals surface area contributed by atoms with Crippen molar-refractivity contribution in [2.24, 2.45) is 0 Å². The van der Waals surface area contributed by atoms with Crippen LogP contribution in [0.3, 0.4) is 0 Å². The first-order valence-electron chi connectivity index (χ1n) is 7.66. The Morgan fingerprint density at radius 1 is 1.31 bits per heavy atom. The molecule has 3 N–H and O–H groups in total. The van der Waals surface area contributed by atoms with E-state index in [1.807, 2.05) is 5.32 Å². The number of methoxy groups -OCH3 is 1. The lowest BCUT2D eigenvalue weighted by atomic mass is 10.0. The molecule has 1 saturated heterocycles. The number of imide groups is 1. The van der Waals surface area contributed by atoms with Crippen molar-refractivity contribution in [3.05, 3.63) is 29.3 Å². The number of ketones is 1. The summed E-state index contributed by atoms with van der Waals surface area (Å²) in [6.45, 7) is -0.243. The molecule has 136 valence electrons. The minimum Gasteiger partial charge on any atom is -0.375 e. The number of piperidine rings is 1. The summed E-state index contributed by atoms with van der Waals surface area (Å²) in [7, 11) is 1.33. The second-order valence-corrected chi connectivity index (χ2v) is 5.79. The Morgan fingerprint density at radius 3 is 2.73 bits per heavy atom. The number of anilines is 1. The van der Waals surface area contributed by atoms with Crippen LogP contribution in [0.5, 0.6) is 0 Å². The fourth-order valence-electron chi connectivity index (χ4n) is 2.92. The van der Waals surface area contributed by atoms with E-state index in [2.05, 4.69) is 5.32 Å². The number of carbonyl (C=O) groups excluding carboxylic acids is 5. The predicted molar refractivity (Wildman–Crippen MR) is 85.0 cm³/mol. The number of hydrogen-bond donors (Lipinski definition) is 3. The van der Waals surface area contributed by atoms with Gasteiger partial charge in [0.2, 0.25) is 11.8 Å². The molecular weight excluding hydrogens is 346 g/mol. The van der Waals surface area contributed by atoms with E-state index in [1.165, 1.54) is 25.3 Å². The van der Waals surface area contributed by atoms with Crippen molar-refractivity contribution in [2.45, 2.75) is 18.7 Å². The monoisotopic (exact) mass is 361 g/mol. The number of hydrogen-bond acceptors (Lipinski definition) is 7. The number of aliphatic hydroxyl groups excluding tert-OH is 1. The number of benzene rings is 1. The number of nitrogens with zero attached hydrogens (tertiary/aromatic N) is 1. The lowest BCUT2D eigenvalue weighted by Crippen LogP contribution is -2.59. The Labute approximate surface area is 147 Å². The highest BCUT2D eigenvalue weighted by molar-refractivity contribution is 6.26. The molecule has 2 heterocycles. The summed E-state index contributed by atoms with van der Waals surface area (Å²) in [4.78, 5) is 61.6. The maximum absolute atomic E-state index is 12.8. The average Bonchev–Trinajstić information content (AvgIpc) is 2.83. The quantitative estimate of drug-likeness (QED) is 0.562. The number of amides is 4. The topological polar surface area (TPSA) is 142 Å². The number of ether oxygens (including phenoxy) is 1. The molecule has 3 rings (SSSR count). The number of fused-ring (bicyclic) bond motifs is 1. The number of Topliss-reactive ketones (excluding diaryl/α,β-unsaturated/α-hetero) is 1. The zero-order valence-corrected chi connectivity index (χ0v) is 13.6. The normalized spacial score (nSPS) is 22.3. The third-order valence-corrected chi connectivity index (χ3v) is 4.09. The van der Waals surface area contributed by atoms with Gasteiger partial charge in [0.05, 0.1) is 16.8 Å². The molecule has 2 aliphatic rings. The first-order chi connectivity index (χ1) is 12.3. The third kappa shape index (κ3) is 2.85. The van der Waals surface area contributed by atoms with Crippen molar-refractivity contribution >= 4 is 35.1 Å². The van der Waals surface area contributed by atoms with Crippen LogP contribution in [-0.2, 0) is 19.1 Å². The molecule has 1 fully saturated rings. The van der Waals surface area contributed by atoms with Crippen molar-refractivity contribution in [1.29, 1.82) is 0 Å². The van der Waals surface area contributed by atoms with Crippen molar-refractivity contribution in [3.8, 4) is 0 Å². The first-order valence-corrected chi connectivity index (χ1v) is 7.66. The summed E-state index contributed by atoms with van der Waals surface area (Å²) in [5, 5.41) is 13.9. The Kier molecular flexibility index (Phi) is 4.53. The van der Waals surface area contributed by atoms with Gasteiger partial charge in [-0.2, -0.15) is 0 Å². The van der Waals surface area contributed by atoms with Gasteiger partial charge in [0.1, 0.15) is 12.6 Å². The molecule has 1 aromatic rings. The smallest absolute Gasteiger partial charge is 0.264 e. The van der Waals surface area contributed by atoms with Gasteiger partial charge in [0, 0.05) is 13.5 Å². The summed E-state index contributed by atoms with van der Waals surface area (Å²) >= 11 is 0. The zero-order chi connectivity index (χ0) is 19.0. The van der Waals surface area contributed by atoms with Crippen LogP contribution in [0.25, 0.3) is 0 Å². The Balaban J connectivity index is 1.94. The molecule has 0 aliphatic carbocycles. The van der Waals surface area contributed by atoms with E-state index in [0.29, 0.717) is 4.90 Å². The van der Waals surface area contributed by atoms with E-state index in [-0.39, 0.29) is 23.4 Å². The zero-order valence-electron chi connectivity index (χ0n) is 13.6. The summed E-state index contributed by atoms with van der Waals surface area (Å²) in [5.41, 5.74) is 0.0536. The number of aliphatic hydroxyl groups is 1. The van der Waals surface area contributed by atoms with E-state index in [4.69, 9.17) is 4.74 Å². The van der Waals surface area contributed by atoms with E-state index in [0.717, 1.165) is 0 Å². The molecule has 10 heteroatoms. The number of carbonyl (C=O) groups is 5. The van der Waals surface area contributed by atoms with E-state index < -0.39 is 48.1 Å². The molecule has 10 nitrogen and oxygen atoms in total. The van der Waals surface area contributed by atoms with Gasteiger partial charge in [-0.3, -0.25) is 28.9 Å². The molecule has 26 heavy (non-hydrogen) atoms. The summed E-state index contributed by atoms with van der Waals surface area (Å²) in [5.74, 6) is -3.59. The second kappa shape index (κ2) is 6.65. The van der Waals surface area contributed by atoms with Crippen LogP contribution in [-0.4, -0.2) is 65.4 Å². The average molecular weight is 361 g/mol. The SMILES string of the molecule is COCC(=O)Nc1cccc2c1C(=O)N(C1CC(=O)C(O)NC1=O)C2=O. The van der Waals surface area contributed by atoms with Crippen molar-refractivity contribution < 1.29 is 33.8 Å². The van der Waals surface area contributed by atoms with Gasteiger partial charge in [-0.25, -0.2) is 0 Å². The molecule has 0 spiro atoms. The summed E-state index contributed by atoms with van der Waals surface area (Å²) in [6, 6.07) is 2.95. The lowest BCUT2D eigenvalue weighted by Gasteiger charge is -2.30. The lowest BCUT2D eigenvalue weighted by molar-refractivity contribution is -0.144. The fraction of sp³-hybridized carbons (Fsp3) is 0.312. The predicted octanol–water partition coefficient (Wildman–Crippen LogP) is -1.36. The van der Waals surface area contributed by atoms with Gasteiger partial charge in [-0.15, -0.1) is 0 Å². The van der Waals surface area contributed by atoms with Crippen LogP contribution >= 0.6 is 0 Å². The van der Waals surface area contributed by atoms with Gasteiger partial charge < -0.3 is 20.5 Å². The Morgan fingerprint density at radius 2 is 2.04 bits per heavy atom. The Hall–Kier alpha value is -3.11. The molecule has 0 bridgehead atoms. The van der Waals surface area contributed by atoms with Gasteiger partial charge in [0.15, 0.2) is 12.0 Å². The largest absolute Gasteiger partial charge is 0.375 e. The number of nitrogens with one attached hydrogen (secondary N) is 2. The molecule has 2 atom stereocenters. The summed E-state index contributed by atoms with van der Waals surface area (Å²) in [6.07, 6.45) is -2.14. The minimum absolute atomic E-state index is 0.0107. The van der Waals surface area contributed by atoms with Crippen LogP contribution in [0.2, 0.25) is 0 Å². The van der Waals surface area contributed by atoms with Crippen LogP contribution in [0.15, 0.2) is 18.2 Å². The highest BCUT2D eigenvalue weighted by Gasteiger charge is 2.47. The molecule has 0 aromatic heterocycles. The molecule has 2 unspecified atom stereocenters.